The van der Waals surface area contributed by atoms with Gasteiger partial charge in [0.1, 0.15) is 5.15 Å². The van der Waals surface area contributed by atoms with Crippen molar-refractivity contribution in [2.45, 2.75) is 39.3 Å². The van der Waals surface area contributed by atoms with Gasteiger partial charge in [-0.15, -0.1) is 0 Å². The molecule has 0 radical (unpaired) electrons. The molecular weight excluding hydrogens is 264 g/mol. The van der Waals surface area contributed by atoms with Gasteiger partial charge in [-0.2, -0.15) is 0 Å². The van der Waals surface area contributed by atoms with Crippen LogP contribution in [0.5, 0.6) is 0 Å². The zero-order chi connectivity index (χ0) is 14.2. The van der Waals surface area contributed by atoms with Gasteiger partial charge >= 0.3 is 0 Å². The molecule has 0 bridgehead atoms. The van der Waals surface area contributed by atoms with Gasteiger partial charge < -0.3 is 10.1 Å². The fourth-order valence-corrected chi connectivity index (χ4v) is 2.78. The summed E-state index contributed by atoms with van der Waals surface area (Å²) in [7, 11) is 1.70. The fraction of sp³-hybridized carbons (Fsp3) is 0.571. The number of amides is 1. The summed E-state index contributed by atoms with van der Waals surface area (Å²) in [6.07, 6.45) is 1.04. The Kier molecular flexibility index (Phi) is 3.83. The third-order valence-electron chi connectivity index (χ3n) is 3.95. The van der Waals surface area contributed by atoms with Crippen molar-refractivity contribution in [3.63, 3.8) is 0 Å². The Morgan fingerprint density at radius 1 is 1.53 bits per heavy atom. The Morgan fingerprint density at radius 2 is 2.21 bits per heavy atom. The van der Waals surface area contributed by atoms with Gasteiger partial charge in [-0.3, -0.25) is 4.79 Å². The number of rotatable bonds is 3. The van der Waals surface area contributed by atoms with Crippen molar-refractivity contribution in [3.05, 3.63) is 28.5 Å². The first-order chi connectivity index (χ1) is 8.84. The fourth-order valence-electron chi connectivity index (χ4n) is 2.53. The molecular formula is C14H19ClN2O2. The molecule has 0 saturated heterocycles. The molecule has 104 valence electrons. The SMILES string of the molecule is COC1CC(NC(=O)c2cc(C)nc(Cl)c2)C1(C)C. The molecule has 0 aliphatic heterocycles. The summed E-state index contributed by atoms with van der Waals surface area (Å²) in [4.78, 5) is 16.2. The maximum absolute atomic E-state index is 12.2. The number of ether oxygens (including phenoxy) is 1. The summed E-state index contributed by atoms with van der Waals surface area (Å²) < 4.78 is 5.37. The number of pyridine rings is 1. The molecule has 1 saturated carbocycles. The molecule has 5 heteroatoms. The number of nitrogens with one attached hydrogen (secondary N) is 1. The average Bonchev–Trinajstić information content (AvgIpc) is 2.32. The second-order valence-corrected chi connectivity index (χ2v) is 6.01. The summed E-state index contributed by atoms with van der Waals surface area (Å²) in [5.74, 6) is -0.111. The van der Waals surface area contributed by atoms with E-state index in [2.05, 4.69) is 24.1 Å². The maximum Gasteiger partial charge on any atom is 0.251 e. The number of nitrogens with zero attached hydrogens (tertiary/aromatic N) is 1. The molecule has 1 fully saturated rings. The molecule has 4 nitrogen and oxygen atoms in total. The smallest absolute Gasteiger partial charge is 0.251 e. The maximum atomic E-state index is 12.2. The van der Waals surface area contributed by atoms with Crippen LogP contribution >= 0.6 is 11.6 Å². The molecule has 19 heavy (non-hydrogen) atoms. The predicted octanol–water partition coefficient (Wildman–Crippen LogP) is 2.59. The van der Waals surface area contributed by atoms with E-state index in [-0.39, 0.29) is 23.5 Å². The quantitative estimate of drug-likeness (QED) is 0.867. The zero-order valence-electron chi connectivity index (χ0n) is 11.7. The molecule has 2 atom stereocenters. The highest BCUT2D eigenvalue weighted by Crippen LogP contribution is 2.42. The second-order valence-electron chi connectivity index (χ2n) is 5.63. The molecule has 1 N–H and O–H groups in total. The van der Waals surface area contributed by atoms with Crippen LogP contribution in [0.2, 0.25) is 5.15 Å². The van der Waals surface area contributed by atoms with Crippen molar-refractivity contribution < 1.29 is 9.53 Å². The minimum absolute atomic E-state index is 0.0454. The summed E-state index contributed by atoms with van der Waals surface area (Å²) in [6, 6.07) is 3.45. The normalized spacial score (nSPS) is 24.7. The van der Waals surface area contributed by atoms with Crippen LogP contribution in [-0.2, 0) is 4.74 Å². The lowest BCUT2D eigenvalue weighted by molar-refractivity contribution is -0.0942. The van der Waals surface area contributed by atoms with E-state index in [1.165, 1.54) is 0 Å². The largest absolute Gasteiger partial charge is 0.381 e. The lowest BCUT2D eigenvalue weighted by Gasteiger charge is -2.51. The number of aryl methyl sites for hydroxylation is 1. The summed E-state index contributed by atoms with van der Waals surface area (Å²) >= 11 is 5.87. The standard InChI is InChI=1S/C14H19ClN2O2/c1-8-5-9(6-12(15)16-8)13(18)17-10-7-11(19-4)14(10,2)3/h5-6,10-11H,7H2,1-4H3,(H,17,18). The van der Waals surface area contributed by atoms with Crippen LogP contribution in [0.3, 0.4) is 0 Å². The van der Waals surface area contributed by atoms with E-state index in [9.17, 15) is 4.79 Å². The zero-order valence-corrected chi connectivity index (χ0v) is 12.4. The van der Waals surface area contributed by atoms with Gasteiger partial charge in [0.15, 0.2) is 0 Å². The first kappa shape index (κ1) is 14.3. The molecule has 0 aromatic carbocycles. The Morgan fingerprint density at radius 3 is 2.74 bits per heavy atom. The molecule has 2 unspecified atom stereocenters. The van der Waals surface area contributed by atoms with Crippen LogP contribution in [0.25, 0.3) is 0 Å². The third-order valence-corrected chi connectivity index (χ3v) is 4.15. The number of halogens is 1. The Balaban J connectivity index is 2.06. The van der Waals surface area contributed by atoms with E-state index in [1.54, 1.807) is 19.2 Å². The number of aromatic nitrogens is 1. The van der Waals surface area contributed by atoms with Crippen LogP contribution in [-0.4, -0.2) is 30.1 Å². The van der Waals surface area contributed by atoms with Crippen LogP contribution in [0, 0.1) is 12.3 Å². The summed E-state index contributed by atoms with van der Waals surface area (Å²) in [5, 5.41) is 3.38. The number of methoxy groups -OCH3 is 1. The molecule has 1 aromatic heterocycles. The lowest BCUT2D eigenvalue weighted by Crippen LogP contribution is -2.61. The topological polar surface area (TPSA) is 51.2 Å². The second kappa shape index (κ2) is 5.10. The van der Waals surface area contributed by atoms with E-state index in [0.717, 1.165) is 12.1 Å². The van der Waals surface area contributed by atoms with E-state index in [0.29, 0.717) is 10.7 Å². The minimum Gasteiger partial charge on any atom is -0.381 e. The predicted molar refractivity (Wildman–Crippen MR) is 74.4 cm³/mol. The van der Waals surface area contributed by atoms with Crippen LogP contribution in [0.4, 0.5) is 0 Å². The van der Waals surface area contributed by atoms with Gasteiger partial charge in [0.25, 0.3) is 5.91 Å². The highest BCUT2D eigenvalue weighted by atomic mass is 35.5. The van der Waals surface area contributed by atoms with E-state index < -0.39 is 0 Å². The first-order valence-corrected chi connectivity index (χ1v) is 6.70. The lowest BCUT2D eigenvalue weighted by atomic mass is 9.64. The Labute approximate surface area is 118 Å². The van der Waals surface area contributed by atoms with Gasteiger partial charge in [0.2, 0.25) is 0 Å². The van der Waals surface area contributed by atoms with Gasteiger partial charge in [-0.1, -0.05) is 25.4 Å². The molecule has 0 spiro atoms. The van der Waals surface area contributed by atoms with Gasteiger partial charge in [-0.25, -0.2) is 4.98 Å². The minimum atomic E-state index is -0.111. The highest BCUT2D eigenvalue weighted by Gasteiger charge is 2.49. The number of carbonyl (C=O) groups is 1. The Bertz CT molecular complexity index is 482. The monoisotopic (exact) mass is 282 g/mol. The molecule has 1 aliphatic carbocycles. The van der Waals surface area contributed by atoms with Crippen molar-refractivity contribution >= 4 is 17.5 Å². The number of hydrogen-bond acceptors (Lipinski definition) is 3. The number of hydrogen-bond donors (Lipinski definition) is 1. The van der Waals surface area contributed by atoms with Crippen molar-refractivity contribution in [2.24, 2.45) is 5.41 Å². The molecule has 1 aliphatic rings. The van der Waals surface area contributed by atoms with Crippen molar-refractivity contribution in [1.29, 1.82) is 0 Å². The van der Waals surface area contributed by atoms with E-state index in [4.69, 9.17) is 16.3 Å². The third kappa shape index (κ3) is 2.74. The first-order valence-electron chi connectivity index (χ1n) is 6.32. The molecule has 1 aromatic rings. The average molecular weight is 283 g/mol. The van der Waals surface area contributed by atoms with E-state index in [1.807, 2.05) is 6.92 Å². The van der Waals surface area contributed by atoms with Crippen LogP contribution < -0.4 is 5.32 Å². The van der Waals surface area contributed by atoms with Gasteiger partial charge in [0.05, 0.1) is 6.10 Å². The summed E-state index contributed by atoms with van der Waals surface area (Å²) in [6.45, 7) is 6.01. The summed E-state index contributed by atoms with van der Waals surface area (Å²) in [5.41, 5.74) is 1.24. The van der Waals surface area contributed by atoms with Crippen LogP contribution in [0.15, 0.2) is 12.1 Å². The highest BCUT2D eigenvalue weighted by molar-refractivity contribution is 6.29. The van der Waals surface area contributed by atoms with Crippen LogP contribution in [0.1, 0.15) is 36.3 Å². The van der Waals surface area contributed by atoms with Crippen molar-refractivity contribution in [1.82, 2.24) is 10.3 Å². The van der Waals surface area contributed by atoms with Gasteiger partial charge in [0, 0.05) is 29.8 Å². The van der Waals surface area contributed by atoms with Gasteiger partial charge in [-0.05, 0) is 25.5 Å². The van der Waals surface area contributed by atoms with Crippen molar-refractivity contribution in [2.75, 3.05) is 7.11 Å². The van der Waals surface area contributed by atoms with E-state index >= 15 is 0 Å². The molecule has 1 amide bonds. The number of carbonyl (C=O) groups excluding carboxylic acids is 1. The molecule has 1 heterocycles. The van der Waals surface area contributed by atoms with Crippen molar-refractivity contribution in [3.8, 4) is 0 Å². The molecule has 2 rings (SSSR count). The Hall–Kier alpha value is -1.13.